The Morgan fingerprint density at radius 3 is 2.89 bits per heavy atom. The molecule has 0 atom stereocenters. The van der Waals surface area contributed by atoms with Gasteiger partial charge in [0, 0.05) is 26.0 Å². The van der Waals surface area contributed by atoms with Crippen molar-refractivity contribution < 1.29 is 14.6 Å². The van der Waals surface area contributed by atoms with Crippen molar-refractivity contribution in [3.05, 3.63) is 29.6 Å². The Balaban J connectivity index is 2.14. The smallest absolute Gasteiger partial charge is 0.337 e. The summed E-state index contributed by atoms with van der Waals surface area (Å²) in [4.78, 5) is 14.7. The molecule has 0 amide bonds. The van der Waals surface area contributed by atoms with Gasteiger partial charge in [-0.15, -0.1) is 0 Å². The highest BCUT2D eigenvalue weighted by molar-refractivity contribution is 5.87. The second kappa shape index (κ2) is 8.60. The zero-order valence-electron chi connectivity index (χ0n) is 10.7. The zero-order chi connectivity index (χ0) is 13.2. The van der Waals surface area contributed by atoms with E-state index in [0.717, 1.165) is 38.3 Å². The minimum absolute atomic E-state index is 0.215. The Kier molecular flexibility index (Phi) is 6.98. The van der Waals surface area contributed by atoms with E-state index in [1.54, 1.807) is 12.1 Å². The van der Waals surface area contributed by atoms with Gasteiger partial charge in [0.1, 0.15) is 0 Å². The molecule has 0 aliphatic heterocycles. The summed E-state index contributed by atoms with van der Waals surface area (Å²) in [5, 5.41) is 12.0. The number of hydrogen-bond acceptors (Lipinski definition) is 4. The number of carbonyl (C=O) groups is 1. The van der Waals surface area contributed by atoms with Gasteiger partial charge in [-0.1, -0.05) is 6.92 Å². The van der Waals surface area contributed by atoms with Gasteiger partial charge in [-0.3, -0.25) is 4.98 Å². The van der Waals surface area contributed by atoms with Crippen molar-refractivity contribution in [1.29, 1.82) is 0 Å². The molecule has 2 N–H and O–H groups in total. The van der Waals surface area contributed by atoms with Crippen molar-refractivity contribution in [3.63, 3.8) is 0 Å². The third-order valence-corrected chi connectivity index (χ3v) is 2.37. The minimum atomic E-state index is -0.949. The summed E-state index contributed by atoms with van der Waals surface area (Å²) in [6.07, 6.45) is 3.39. The van der Waals surface area contributed by atoms with Crippen molar-refractivity contribution >= 4 is 5.97 Å². The highest BCUT2D eigenvalue weighted by atomic mass is 16.5. The summed E-state index contributed by atoms with van der Waals surface area (Å²) in [6, 6.07) is 3.29. The highest BCUT2D eigenvalue weighted by Gasteiger charge is 2.02. The molecule has 1 aromatic rings. The topological polar surface area (TPSA) is 71.5 Å². The van der Waals surface area contributed by atoms with Gasteiger partial charge >= 0.3 is 5.97 Å². The number of nitrogens with zero attached hydrogens (tertiary/aromatic N) is 1. The second-order valence-corrected chi connectivity index (χ2v) is 3.99. The molecule has 18 heavy (non-hydrogen) atoms. The predicted molar refractivity (Wildman–Crippen MR) is 68.6 cm³/mol. The molecule has 0 aromatic carbocycles. The average molecular weight is 252 g/mol. The first-order valence-corrected chi connectivity index (χ1v) is 6.20. The van der Waals surface area contributed by atoms with Crippen molar-refractivity contribution in [3.8, 4) is 0 Å². The Morgan fingerprint density at radius 1 is 1.44 bits per heavy atom. The molecule has 0 saturated carbocycles. The number of hydrogen-bond donors (Lipinski definition) is 2. The third kappa shape index (κ3) is 5.75. The van der Waals surface area contributed by atoms with E-state index in [1.165, 1.54) is 6.20 Å². The summed E-state index contributed by atoms with van der Waals surface area (Å²) >= 11 is 0. The monoisotopic (exact) mass is 252 g/mol. The van der Waals surface area contributed by atoms with Crippen LogP contribution in [0.5, 0.6) is 0 Å². The number of nitrogens with one attached hydrogen (secondary N) is 1. The van der Waals surface area contributed by atoms with Crippen molar-refractivity contribution in [1.82, 2.24) is 10.3 Å². The van der Waals surface area contributed by atoms with Gasteiger partial charge in [-0.25, -0.2) is 4.79 Å². The van der Waals surface area contributed by atoms with Crippen LogP contribution in [0.2, 0.25) is 0 Å². The number of ether oxygens (including phenoxy) is 1. The van der Waals surface area contributed by atoms with Gasteiger partial charge in [0.25, 0.3) is 0 Å². The summed E-state index contributed by atoms with van der Waals surface area (Å²) in [5.41, 5.74) is 1.06. The van der Waals surface area contributed by atoms with Crippen LogP contribution < -0.4 is 5.32 Å². The molecule has 0 saturated heterocycles. The minimum Gasteiger partial charge on any atom is -0.478 e. The number of pyridine rings is 1. The van der Waals surface area contributed by atoms with Crippen LogP contribution >= 0.6 is 0 Å². The number of carboxylic acids is 1. The number of rotatable bonds is 9. The first-order valence-electron chi connectivity index (χ1n) is 6.20. The molecule has 0 aliphatic carbocycles. The first-order chi connectivity index (χ1) is 8.74. The zero-order valence-corrected chi connectivity index (χ0v) is 10.7. The van der Waals surface area contributed by atoms with E-state index in [-0.39, 0.29) is 5.56 Å². The van der Waals surface area contributed by atoms with Gasteiger partial charge in [-0.05, 0) is 31.5 Å². The molecule has 1 aromatic heterocycles. The number of aromatic nitrogens is 1. The molecule has 5 nitrogen and oxygen atoms in total. The van der Waals surface area contributed by atoms with E-state index in [9.17, 15) is 4.79 Å². The molecule has 0 aliphatic rings. The lowest BCUT2D eigenvalue weighted by molar-refractivity contribution is 0.0696. The van der Waals surface area contributed by atoms with E-state index in [4.69, 9.17) is 9.84 Å². The highest BCUT2D eigenvalue weighted by Crippen LogP contribution is 2.00. The van der Waals surface area contributed by atoms with Crippen LogP contribution in [0.3, 0.4) is 0 Å². The molecule has 5 heteroatoms. The maximum Gasteiger partial charge on any atom is 0.337 e. The molecule has 1 rings (SSSR count). The fourth-order valence-corrected chi connectivity index (χ4v) is 1.42. The predicted octanol–water partition coefficient (Wildman–Crippen LogP) is 1.69. The van der Waals surface area contributed by atoms with Crippen LogP contribution in [-0.2, 0) is 11.3 Å². The first kappa shape index (κ1) is 14.6. The van der Waals surface area contributed by atoms with E-state index < -0.39 is 5.97 Å². The largest absolute Gasteiger partial charge is 0.478 e. The number of carboxylic acid groups (broad SMARTS) is 1. The fourth-order valence-electron chi connectivity index (χ4n) is 1.42. The fraction of sp³-hybridized carbons (Fsp3) is 0.538. The van der Waals surface area contributed by atoms with E-state index >= 15 is 0 Å². The molecule has 0 fully saturated rings. The van der Waals surface area contributed by atoms with E-state index in [0.29, 0.717) is 6.54 Å². The van der Waals surface area contributed by atoms with E-state index in [2.05, 4.69) is 17.2 Å². The lowest BCUT2D eigenvalue weighted by Gasteiger charge is -2.05. The van der Waals surface area contributed by atoms with Gasteiger partial charge in [0.15, 0.2) is 0 Å². The van der Waals surface area contributed by atoms with Crippen LogP contribution in [0, 0.1) is 0 Å². The summed E-state index contributed by atoms with van der Waals surface area (Å²) in [7, 11) is 0. The van der Waals surface area contributed by atoms with Gasteiger partial charge < -0.3 is 15.2 Å². The lowest BCUT2D eigenvalue weighted by atomic mass is 10.2. The molecule has 100 valence electrons. The van der Waals surface area contributed by atoms with Gasteiger partial charge in [-0.2, -0.15) is 0 Å². The van der Waals surface area contributed by atoms with Gasteiger partial charge in [0.2, 0.25) is 0 Å². The second-order valence-electron chi connectivity index (χ2n) is 3.99. The molecule has 0 bridgehead atoms. The summed E-state index contributed by atoms with van der Waals surface area (Å²) in [5.74, 6) is -0.949. The van der Waals surface area contributed by atoms with E-state index in [1.807, 2.05) is 0 Å². The standard InChI is InChI=1S/C13H20N2O3/c1-2-7-18-8-3-6-14-10-12-5-4-11(9-15-12)13(16)17/h4-5,9,14H,2-3,6-8,10H2,1H3,(H,16,17). The van der Waals surface area contributed by atoms with Crippen LogP contribution in [0.15, 0.2) is 18.3 Å². The van der Waals surface area contributed by atoms with Gasteiger partial charge in [0.05, 0.1) is 11.3 Å². The summed E-state index contributed by atoms with van der Waals surface area (Å²) in [6.45, 7) is 5.19. The van der Waals surface area contributed by atoms with Crippen molar-refractivity contribution in [2.45, 2.75) is 26.3 Å². The third-order valence-electron chi connectivity index (χ3n) is 2.37. The number of aromatic carboxylic acids is 1. The maximum absolute atomic E-state index is 10.6. The Hall–Kier alpha value is -1.46. The summed E-state index contributed by atoms with van der Waals surface area (Å²) < 4.78 is 5.36. The Labute approximate surface area is 107 Å². The molecular formula is C13H20N2O3. The van der Waals surface area contributed by atoms with Crippen LogP contribution in [0.4, 0.5) is 0 Å². The Bertz CT molecular complexity index is 352. The molecule has 0 radical (unpaired) electrons. The van der Waals surface area contributed by atoms with Crippen molar-refractivity contribution in [2.75, 3.05) is 19.8 Å². The lowest BCUT2D eigenvalue weighted by Crippen LogP contribution is -2.17. The maximum atomic E-state index is 10.6. The molecular weight excluding hydrogens is 232 g/mol. The SMILES string of the molecule is CCCOCCCNCc1ccc(C(=O)O)cn1. The normalized spacial score (nSPS) is 10.5. The quantitative estimate of drug-likeness (QED) is 0.654. The molecule has 0 spiro atoms. The van der Waals surface area contributed by atoms with Crippen molar-refractivity contribution in [2.24, 2.45) is 0 Å². The van der Waals surface area contributed by atoms with Crippen LogP contribution in [0.1, 0.15) is 35.8 Å². The molecule has 0 unspecified atom stereocenters. The molecule has 1 heterocycles. The van der Waals surface area contributed by atoms with Crippen LogP contribution in [0.25, 0.3) is 0 Å². The Morgan fingerprint density at radius 2 is 2.28 bits per heavy atom. The van der Waals surface area contributed by atoms with Crippen LogP contribution in [-0.4, -0.2) is 35.8 Å². The average Bonchev–Trinajstić information content (AvgIpc) is 2.38.